The van der Waals surface area contributed by atoms with Crippen molar-refractivity contribution in [3.05, 3.63) is 45.5 Å². The van der Waals surface area contributed by atoms with Crippen molar-refractivity contribution in [2.45, 2.75) is 31.7 Å². The van der Waals surface area contributed by atoms with Crippen LogP contribution in [0.2, 0.25) is 0 Å². The van der Waals surface area contributed by atoms with Crippen molar-refractivity contribution in [1.29, 1.82) is 0 Å². The van der Waals surface area contributed by atoms with Crippen molar-refractivity contribution < 1.29 is 0 Å². The molecular weight excluding hydrogens is 320 g/mol. The van der Waals surface area contributed by atoms with Crippen molar-refractivity contribution in [2.24, 2.45) is 5.92 Å². The molecule has 2 unspecified atom stereocenters. The van der Waals surface area contributed by atoms with Crippen molar-refractivity contribution in [1.82, 2.24) is 24.6 Å². The Morgan fingerprint density at radius 2 is 2.12 bits per heavy atom. The summed E-state index contributed by atoms with van der Waals surface area (Å²) in [6, 6.07) is 2.45. The fraction of sp³-hybridized carbons (Fsp3) is 0.412. The van der Waals surface area contributed by atoms with Crippen LogP contribution in [0.3, 0.4) is 0 Å². The number of piperidine rings is 1. The first-order valence-electron chi connectivity index (χ1n) is 8.62. The first kappa shape index (κ1) is 14.4. The van der Waals surface area contributed by atoms with Crippen LogP contribution in [0.25, 0.3) is 16.9 Å². The lowest BCUT2D eigenvalue weighted by molar-refractivity contribution is 0.434. The van der Waals surface area contributed by atoms with Gasteiger partial charge in [0.25, 0.3) is 5.56 Å². The SMILES string of the molecule is O=c1[nH]cc(-c2cc(N3CCC4CCC3C4)c3nccn3n2)c(=O)[nH]1. The van der Waals surface area contributed by atoms with Crippen LogP contribution < -0.4 is 16.1 Å². The summed E-state index contributed by atoms with van der Waals surface area (Å²) >= 11 is 0. The summed E-state index contributed by atoms with van der Waals surface area (Å²) < 4.78 is 1.70. The molecule has 0 aromatic carbocycles. The molecule has 2 atom stereocenters. The minimum Gasteiger partial charge on any atom is -0.365 e. The summed E-state index contributed by atoms with van der Waals surface area (Å²) in [5.41, 5.74) is 1.71. The third-order valence-corrected chi connectivity index (χ3v) is 5.48. The van der Waals surface area contributed by atoms with Crippen LogP contribution in [0, 0.1) is 5.92 Å². The first-order valence-corrected chi connectivity index (χ1v) is 8.62. The van der Waals surface area contributed by atoms with Gasteiger partial charge in [0.15, 0.2) is 5.65 Å². The molecule has 1 saturated carbocycles. The van der Waals surface area contributed by atoms with E-state index < -0.39 is 11.2 Å². The molecule has 0 radical (unpaired) electrons. The van der Waals surface area contributed by atoms with Crippen molar-refractivity contribution >= 4 is 11.3 Å². The van der Waals surface area contributed by atoms with E-state index in [0.29, 0.717) is 17.3 Å². The lowest BCUT2D eigenvalue weighted by atomic mass is 9.99. The van der Waals surface area contributed by atoms with Gasteiger partial charge in [-0.25, -0.2) is 14.3 Å². The van der Waals surface area contributed by atoms with Gasteiger partial charge < -0.3 is 9.88 Å². The van der Waals surface area contributed by atoms with Gasteiger partial charge in [0.1, 0.15) is 5.69 Å². The van der Waals surface area contributed by atoms with Crippen LogP contribution in [-0.4, -0.2) is 37.2 Å². The number of nitrogens with zero attached hydrogens (tertiary/aromatic N) is 4. The Balaban J connectivity index is 1.69. The highest BCUT2D eigenvalue weighted by atomic mass is 16.2. The van der Waals surface area contributed by atoms with Gasteiger partial charge in [-0.15, -0.1) is 0 Å². The van der Waals surface area contributed by atoms with E-state index in [4.69, 9.17) is 0 Å². The van der Waals surface area contributed by atoms with Crippen molar-refractivity contribution in [2.75, 3.05) is 11.4 Å². The number of rotatable bonds is 2. The molecular formula is C17H18N6O2. The van der Waals surface area contributed by atoms with Crippen LogP contribution in [0.15, 0.2) is 34.2 Å². The zero-order valence-corrected chi connectivity index (χ0v) is 13.6. The quantitative estimate of drug-likeness (QED) is 0.730. The third-order valence-electron chi connectivity index (χ3n) is 5.48. The van der Waals surface area contributed by atoms with Gasteiger partial charge in [0.2, 0.25) is 0 Å². The number of hydrogen-bond donors (Lipinski definition) is 2. The van der Waals surface area contributed by atoms with Crippen LogP contribution in [-0.2, 0) is 0 Å². The zero-order chi connectivity index (χ0) is 17.0. The van der Waals surface area contributed by atoms with E-state index in [9.17, 15) is 9.59 Å². The van der Waals surface area contributed by atoms with Gasteiger partial charge in [0.05, 0.1) is 11.3 Å². The van der Waals surface area contributed by atoms with E-state index in [2.05, 4.69) is 25.0 Å². The maximum atomic E-state index is 12.2. The maximum absolute atomic E-state index is 12.2. The van der Waals surface area contributed by atoms with Crippen molar-refractivity contribution in [3.8, 4) is 11.3 Å². The Hall–Kier alpha value is -2.90. The molecule has 3 aromatic heterocycles. The molecule has 1 aliphatic carbocycles. The standard InChI is InChI=1S/C17H18N6O2/c24-16-12(9-19-17(25)20-16)13-8-14(15-18-4-6-23(15)21-13)22-5-3-10-1-2-11(22)7-10/h4,6,8-11H,1-3,5,7H2,(H2,19,20,24,25). The minimum atomic E-state index is -0.522. The number of imidazole rings is 1. The number of aromatic amines is 2. The molecule has 2 N–H and O–H groups in total. The number of aromatic nitrogens is 5. The second-order valence-electron chi connectivity index (χ2n) is 6.91. The average molecular weight is 338 g/mol. The van der Waals surface area contributed by atoms with Gasteiger partial charge in [-0.2, -0.15) is 5.10 Å². The number of anilines is 1. The Morgan fingerprint density at radius 3 is 3.00 bits per heavy atom. The predicted molar refractivity (Wildman–Crippen MR) is 92.8 cm³/mol. The monoisotopic (exact) mass is 338 g/mol. The van der Waals surface area contributed by atoms with Gasteiger partial charge in [-0.1, -0.05) is 0 Å². The Morgan fingerprint density at radius 1 is 1.20 bits per heavy atom. The molecule has 2 fully saturated rings. The number of fused-ring (bicyclic) bond motifs is 3. The molecule has 1 aliphatic heterocycles. The largest absolute Gasteiger partial charge is 0.365 e. The average Bonchev–Trinajstić information content (AvgIpc) is 3.21. The summed E-state index contributed by atoms with van der Waals surface area (Å²) in [4.78, 5) is 35.1. The van der Waals surface area contributed by atoms with E-state index in [-0.39, 0.29) is 0 Å². The molecule has 1 saturated heterocycles. The summed E-state index contributed by atoms with van der Waals surface area (Å²) in [5.74, 6) is 0.848. The Kier molecular flexibility index (Phi) is 3.06. The number of H-pyrrole nitrogens is 2. The second-order valence-corrected chi connectivity index (χ2v) is 6.91. The molecule has 2 bridgehead atoms. The lowest BCUT2D eigenvalue weighted by Crippen LogP contribution is -2.38. The molecule has 8 nitrogen and oxygen atoms in total. The molecule has 5 rings (SSSR count). The van der Waals surface area contributed by atoms with Crippen LogP contribution >= 0.6 is 0 Å². The van der Waals surface area contributed by atoms with Crippen LogP contribution in [0.1, 0.15) is 25.7 Å². The number of hydrogen-bond acceptors (Lipinski definition) is 5. The summed E-state index contributed by atoms with van der Waals surface area (Å²) in [5, 5.41) is 4.50. The first-order chi connectivity index (χ1) is 12.2. The smallest absolute Gasteiger partial charge is 0.325 e. The van der Waals surface area contributed by atoms with Crippen molar-refractivity contribution in [3.63, 3.8) is 0 Å². The van der Waals surface area contributed by atoms with Gasteiger partial charge in [0, 0.05) is 31.2 Å². The summed E-state index contributed by atoms with van der Waals surface area (Å²) in [6.07, 6.45) is 9.83. The predicted octanol–water partition coefficient (Wildman–Crippen LogP) is 1.15. The van der Waals surface area contributed by atoms with E-state index in [1.807, 2.05) is 6.07 Å². The molecule has 0 amide bonds. The second kappa shape index (κ2) is 5.30. The molecule has 4 heterocycles. The lowest BCUT2D eigenvalue weighted by Gasteiger charge is -2.35. The fourth-order valence-electron chi connectivity index (χ4n) is 4.26. The van der Waals surface area contributed by atoms with Crippen LogP contribution in [0.5, 0.6) is 0 Å². The van der Waals surface area contributed by atoms with E-state index in [0.717, 1.165) is 23.8 Å². The van der Waals surface area contributed by atoms with E-state index in [1.165, 1.54) is 31.9 Å². The highest BCUT2D eigenvalue weighted by molar-refractivity contribution is 5.74. The van der Waals surface area contributed by atoms with Gasteiger partial charge in [-0.3, -0.25) is 9.78 Å². The topological polar surface area (TPSA) is 99.2 Å². The van der Waals surface area contributed by atoms with E-state index >= 15 is 0 Å². The molecule has 0 spiro atoms. The van der Waals surface area contributed by atoms with E-state index in [1.54, 1.807) is 16.9 Å². The van der Waals surface area contributed by atoms with Gasteiger partial charge in [-0.05, 0) is 37.7 Å². The third kappa shape index (κ3) is 2.28. The molecule has 128 valence electrons. The normalized spacial score (nSPS) is 22.6. The zero-order valence-electron chi connectivity index (χ0n) is 13.6. The summed E-state index contributed by atoms with van der Waals surface area (Å²) in [7, 11) is 0. The minimum absolute atomic E-state index is 0.345. The van der Waals surface area contributed by atoms with Gasteiger partial charge >= 0.3 is 5.69 Å². The van der Waals surface area contributed by atoms with Crippen LogP contribution in [0.4, 0.5) is 5.69 Å². The molecule has 2 aliphatic rings. The highest BCUT2D eigenvalue weighted by Gasteiger charge is 2.35. The highest BCUT2D eigenvalue weighted by Crippen LogP contribution is 2.40. The maximum Gasteiger partial charge on any atom is 0.325 e. The molecule has 8 heteroatoms. The Bertz CT molecular complexity index is 1060. The molecule has 25 heavy (non-hydrogen) atoms. The Labute approximate surface area is 142 Å². The number of nitrogens with one attached hydrogen (secondary N) is 2. The summed E-state index contributed by atoms with van der Waals surface area (Å²) in [6.45, 7) is 1.00. The fourth-order valence-corrected chi connectivity index (χ4v) is 4.26. The molecule has 3 aromatic rings.